The van der Waals surface area contributed by atoms with Crippen molar-refractivity contribution in [1.82, 2.24) is 9.55 Å². The summed E-state index contributed by atoms with van der Waals surface area (Å²) in [6, 6.07) is 9.24. The van der Waals surface area contributed by atoms with Gasteiger partial charge in [-0.25, -0.2) is 4.98 Å². The zero-order valence-electron chi connectivity index (χ0n) is 20.9. The predicted molar refractivity (Wildman–Crippen MR) is 143 cm³/mol. The zero-order valence-corrected chi connectivity index (χ0v) is 21.8. The molecule has 0 spiro atoms. The fourth-order valence-corrected chi connectivity index (χ4v) is 4.77. The van der Waals surface area contributed by atoms with Gasteiger partial charge in [0.05, 0.1) is 12.4 Å². The van der Waals surface area contributed by atoms with Crippen molar-refractivity contribution in [3.63, 3.8) is 0 Å². The minimum absolute atomic E-state index is 0. The summed E-state index contributed by atoms with van der Waals surface area (Å²) < 4.78 is 2.29. The van der Waals surface area contributed by atoms with E-state index >= 15 is 0 Å². The predicted octanol–water partition coefficient (Wildman–Crippen LogP) is 9.85. The van der Waals surface area contributed by atoms with E-state index in [2.05, 4.69) is 53.9 Å². The molecule has 32 heavy (non-hydrogen) atoms. The van der Waals surface area contributed by atoms with Gasteiger partial charge in [-0.15, -0.1) is 12.4 Å². The number of aryl methyl sites for hydroxylation is 1. The molecular formula is C29H49ClN2. The van der Waals surface area contributed by atoms with Gasteiger partial charge in [-0.1, -0.05) is 134 Å². The lowest BCUT2D eigenvalue weighted by atomic mass is 9.96. The molecule has 0 radical (unpaired) electrons. The van der Waals surface area contributed by atoms with Crippen LogP contribution in [-0.4, -0.2) is 9.55 Å². The second kappa shape index (κ2) is 19.2. The van der Waals surface area contributed by atoms with Crippen LogP contribution in [0.2, 0.25) is 0 Å². The van der Waals surface area contributed by atoms with Crippen LogP contribution in [0.4, 0.5) is 0 Å². The van der Waals surface area contributed by atoms with Crippen LogP contribution in [0.25, 0.3) is 0 Å². The van der Waals surface area contributed by atoms with Gasteiger partial charge in [0.1, 0.15) is 0 Å². The molecule has 1 unspecified atom stereocenters. The van der Waals surface area contributed by atoms with Crippen LogP contribution in [-0.2, 0) is 0 Å². The molecule has 1 atom stereocenters. The maximum Gasteiger partial charge on any atom is 0.0951 e. The average molecular weight is 461 g/mol. The lowest BCUT2D eigenvalue weighted by Gasteiger charge is -2.21. The Balaban J connectivity index is 0.00000512. The molecular weight excluding hydrogens is 412 g/mol. The third-order valence-electron chi connectivity index (χ3n) is 6.76. The van der Waals surface area contributed by atoms with Crippen LogP contribution in [0.3, 0.4) is 0 Å². The van der Waals surface area contributed by atoms with Crippen LogP contribution in [0.1, 0.15) is 133 Å². The van der Waals surface area contributed by atoms with Gasteiger partial charge in [0, 0.05) is 12.4 Å². The van der Waals surface area contributed by atoms with Gasteiger partial charge < -0.3 is 4.57 Å². The lowest BCUT2D eigenvalue weighted by molar-refractivity contribution is 0.485. The van der Waals surface area contributed by atoms with E-state index in [1.54, 1.807) is 0 Å². The van der Waals surface area contributed by atoms with Crippen molar-refractivity contribution in [2.24, 2.45) is 0 Å². The van der Waals surface area contributed by atoms with Crippen molar-refractivity contribution in [3.8, 4) is 0 Å². The minimum Gasteiger partial charge on any atom is -0.330 e. The molecule has 0 aliphatic rings. The van der Waals surface area contributed by atoms with E-state index in [0.717, 1.165) is 0 Å². The highest BCUT2D eigenvalue weighted by atomic mass is 35.5. The first-order chi connectivity index (χ1) is 15.3. The maximum atomic E-state index is 4.29. The molecule has 0 fully saturated rings. The SMILES string of the molecule is CCCCCCCCCCCCCCCCCCC(c1ccccc1C)n1ccnc1.Cl. The average Bonchev–Trinajstić information content (AvgIpc) is 3.31. The second-order valence-electron chi connectivity index (χ2n) is 9.47. The van der Waals surface area contributed by atoms with Crippen molar-refractivity contribution in [3.05, 3.63) is 54.1 Å². The Kier molecular flexibility index (Phi) is 17.3. The first kappa shape index (κ1) is 28.8. The van der Waals surface area contributed by atoms with Crippen LogP contribution in [0.5, 0.6) is 0 Å². The van der Waals surface area contributed by atoms with E-state index in [4.69, 9.17) is 0 Å². The summed E-state index contributed by atoms with van der Waals surface area (Å²) in [5.74, 6) is 0. The Bertz CT molecular complexity index is 653. The van der Waals surface area contributed by atoms with E-state index in [1.165, 1.54) is 120 Å². The molecule has 1 heterocycles. The molecule has 0 amide bonds. The summed E-state index contributed by atoms with van der Waals surface area (Å²) in [7, 11) is 0. The van der Waals surface area contributed by atoms with Gasteiger partial charge in [-0.05, 0) is 24.5 Å². The number of hydrogen-bond donors (Lipinski definition) is 0. The fourth-order valence-electron chi connectivity index (χ4n) is 4.77. The smallest absolute Gasteiger partial charge is 0.0951 e. The molecule has 2 nitrogen and oxygen atoms in total. The lowest BCUT2D eigenvalue weighted by Crippen LogP contribution is -2.10. The Morgan fingerprint density at radius 1 is 0.719 bits per heavy atom. The monoisotopic (exact) mass is 460 g/mol. The Labute approximate surface area is 205 Å². The highest BCUT2D eigenvalue weighted by Gasteiger charge is 2.14. The highest BCUT2D eigenvalue weighted by molar-refractivity contribution is 5.85. The molecule has 3 heteroatoms. The van der Waals surface area contributed by atoms with Crippen LogP contribution >= 0.6 is 12.4 Å². The number of unbranched alkanes of at least 4 members (excludes halogenated alkanes) is 15. The number of nitrogens with zero attached hydrogens (tertiary/aromatic N) is 2. The summed E-state index contributed by atoms with van der Waals surface area (Å²) in [5, 5.41) is 0. The molecule has 182 valence electrons. The summed E-state index contributed by atoms with van der Waals surface area (Å²) >= 11 is 0. The zero-order chi connectivity index (χ0) is 22.0. The fraction of sp³-hybridized carbons (Fsp3) is 0.690. The first-order valence-corrected chi connectivity index (χ1v) is 13.4. The Morgan fingerprint density at radius 3 is 1.69 bits per heavy atom. The molecule has 1 aromatic heterocycles. The molecule has 0 N–H and O–H groups in total. The van der Waals surface area contributed by atoms with E-state index < -0.39 is 0 Å². The van der Waals surface area contributed by atoms with Gasteiger partial charge in [0.15, 0.2) is 0 Å². The molecule has 0 saturated heterocycles. The van der Waals surface area contributed by atoms with Gasteiger partial charge in [-0.2, -0.15) is 0 Å². The quantitative estimate of drug-likeness (QED) is 0.191. The van der Waals surface area contributed by atoms with Crippen molar-refractivity contribution in [2.75, 3.05) is 0 Å². The summed E-state index contributed by atoms with van der Waals surface area (Å²) in [5.41, 5.74) is 2.83. The van der Waals surface area contributed by atoms with Gasteiger partial charge in [0.25, 0.3) is 0 Å². The summed E-state index contributed by atoms with van der Waals surface area (Å²) in [6.45, 7) is 4.53. The standard InChI is InChI=1S/C29H48N2.ClH/c1-3-4-5-6-7-8-9-10-11-12-13-14-15-16-17-18-23-29(31-25-24-30-26-31)28-22-20-19-21-27(28)2;/h19-22,24-26,29H,3-18,23H2,1-2H3;1H. The number of hydrogen-bond acceptors (Lipinski definition) is 1. The van der Waals surface area contributed by atoms with E-state index in [9.17, 15) is 0 Å². The summed E-state index contributed by atoms with van der Waals surface area (Å²) in [6.07, 6.45) is 30.0. The molecule has 2 aromatic rings. The summed E-state index contributed by atoms with van der Waals surface area (Å²) in [4.78, 5) is 4.29. The van der Waals surface area contributed by atoms with Crippen LogP contribution < -0.4 is 0 Å². The topological polar surface area (TPSA) is 17.8 Å². The Hall–Kier alpha value is -1.28. The maximum absolute atomic E-state index is 4.29. The number of benzene rings is 1. The van der Waals surface area contributed by atoms with Crippen molar-refractivity contribution >= 4 is 12.4 Å². The molecule has 0 bridgehead atoms. The molecule has 0 aliphatic heterocycles. The molecule has 2 rings (SSSR count). The van der Waals surface area contributed by atoms with Gasteiger partial charge in [0.2, 0.25) is 0 Å². The first-order valence-electron chi connectivity index (χ1n) is 13.4. The number of rotatable bonds is 19. The van der Waals surface area contributed by atoms with Crippen molar-refractivity contribution < 1.29 is 0 Å². The number of aromatic nitrogens is 2. The largest absolute Gasteiger partial charge is 0.330 e. The van der Waals surface area contributed by atoms with Crippen LogP contribution in [0, 0.1) is 6.92 Å². The minimum atomic E-state index is 0. The normalized spacial score (nSPS) is 11.9. The number of halogens is 1. The molecule has 0 saturated carbocycles. The van der Waals surface area contributed by atoms with Gasteiger partial charge >= 0.3 is 0 Å². The van der Waals surface area contributed by atoms with Crippen LogP contribution in [0.15, 0.2) is 43.0 Å². The number of imidazole rings is 1. The third-order valence-corrected chi connectivity index (χ3v) is 6.76. The van der Waals surface area contributed by atoms with Gasteiger partial charge in [-0.3, -0.25) is 0 Å². The highest BCUT2D eigenvalue weighted by Crippen LogP contribution is 2.27. The molecule has 1 aromatic carbocycles. The van der Waals surface area contributed by atoms with Crippen molar-refractivity contribution in [2.45, 2.75) is 129 Å². The van der Waals surface area contributed by atoms with E-state index in [0.29, 0.717) is 6.04 Å². The Morgan fingerprint density at radius 2 is 1.22 bits per heavy atom. The van der Waals surface area contributed by atoms with Crippen molar-refractivity contribution in [1.29, 1.82) is 0 Å². The third kappa shape index (κ3) is 12.1. The molecule has 0 aliphatic carbocycles. The second-order valence-corrected chi connectivity index (χ2v) is 9.47. The van der Waals surface area contributed by atoms with E-state index in [1.807, 2.05) is 12.5 Å². The van der Waals surface area contributed by atoms with E-state index in [-0.39, 0.29) is 12.4 Å².